The van der Waals surface area contributed by atoms with Crippen molar-refractivity contribution in [1.29, 1.82) is 0 Å². The number of rotatable bonds is 4. The van der Waals surface area contributed by atoms with E-state index in [0.717, 1.165) is 34.2 Å². The van der Waals surface area contributed by atoms with Crippen molar-refractivity contribution in [1.82, 2.24) is 9.88 Å². The van der Waals surface area contributed by atoms with Crippen molar-refractivity contribution >= 4 is 28.4 Å². The molecule has 7 heteroatoms. The first-order valence-electron chi connectivity index (χ1n) is 10.7. The van der Waals surface area contributed by atoms with Crippen LogP contribution in [0.5, 0.6) is 5.75 Å². The summed E-state index contributed by atoms with van der Waals surface area (Å²) in [4.78, 5) is 31.1. The number of ketones is 1. The number of nitrogens with one attached hydrogen (secondary N) is 1. The zero-order chi connectivity index (χ0) is 22.5. The van der Waals surface area contributed by atoms with E-state index in [-0.39, 0.29) is 17.9 Å². The zero-order valence-corrected chi connectivity index (χ0v) is 17.6. The SMILES string of the molecule is O=C1C(=O)N(Cc2ccco2)C(c2c[nH]c3ccccc23)/C1=C(\O)c1ccc2c(c1)CCO2. The van der Waals surface area contributed by atoms with Crippen molar-refractivity contribution in [2.75, 3.05) is 6.61 Å². The minimum absolute atomic E-state index is 0.0650. The fraction of sp³-hybridized carbons (Fsp3) is 0.154. The number of carbonyl (C=O) groups is 2. The van der Waals surface area contributed by atoms with E-state index in [4.69, 9.17) is 9.15 Å². The topological polar surface area (TPSA) is 95.8 Å². The quantitative estimate of drug-likeness (QED) is 0.280. The van der Waals surface area contributed by atoms with Crippen LogP contribution in [-0.2, 0) is 22.6 Å². The van der Waals surface area contributed by atoms with Crippen LogP contribution in [-0.4, -0.2) is 33.3 Å². The highest BCUT2D eigenvalue weighted by Gasteiger charge is 2.47. The fourth-order valence-electron chi connectivity index (χ4n) is 4.75. The van der Waals surface area contributed by atoms with Gasteiger partial charge in [-0.15, -0.1) is 0 Å². The number of Topliss-reactive ketones (excluding diaryl/α,β-unsaturated/α-hetero) is 1. The van der Waals surface area contributed by atoms with Gasteiger partial charge in [0, 0.05) is 34.6 Å². The summed E-state index contributed by atoms with van der Waals surface area (Å²) < 4.78 is 11.0. The summed E-state index contributed by atoms with van der Waals surface area (Å²) in [6.45, 7) is 0.693. The average Bonchev–Trinajstić information content (AvgIpc) is 3.62. The van der Waals surface area contributed by atoms with E-state index in [0.29, 0.717) is 17.9 Å². The number of amides is 1. The lowest BCUT2D eigenvalue weighted by atomic mass is 9.94. The van der Waals surface area contributed by atoms with Gasteiger partial charge in [0.1, 0.15) is 17.3 Å². The summed E-state index contributed by atoms with van der Waals surface area (Å²) in [5.74, 6) is -0.256. The van der Waals surface area contributed by atoms with Gasteiger partial charge in [-0.3, -0.25) is 9.59 Å². The van der Waals surface area contributed by atoms with Gasteiger partial charge < -0.3 is 24.1 Å². The van der Waals surface area contributed by atoms with E-state index in [1.165, 1.54) is 11.2 Å². The Morgan fingerprint density at radius 2 is 2.00 bits per heavy atom. The molecule has 0 bridgehead atoms. The van der Waals surface area contributed by atoms with Gasteiger partial charge in [-0.25, -0.2) is 0 Å². The molecule has 1 saturated heterocycles. The third kappa shape index (κ3) is 3.04. The minimum Gasteiger partial charge on any atom is -0.507 e. The second kappa shape index (κ2) is 7.41. The molecule has 1 fully saturated rings. The van der Waals surface area contributed by atoms with Crippen molar-refractivity contribution in [2.24, 2.45) is 0 Å². The average molecular weight is 440 g/mol. The highest BCUT2D eigenvalue weighted by molar-refractivity contribution is 6.46. The number of aliphatic hydroxyl groups excluding tert-OH is 1. The number of likely N-dealkylation sites (tertiary alicyclic amines) is 1. The predicted molar refractivity (Wildman–Crippen MR) is 120 cm³/mol. The Kier molecular flexibility index (Phi) is 4.36. The monoisotopic (exact) mass is 440 g/mol. The molecule has 0 aliphatic carbocycles. The number of fused-ring (bicyclic) bond motifs is 2. The fourth-order valence-corrected chi connectivity index (χ4v) is 4.75. The summed E-state index contributed by atoms with van der Waals surface area (Å²) >= 11 is 0. The highest BCUT2D eigenvalue weighted by Crippen LogP contribution is 2.43. The number of furan rings is 1. The Labute approximate surface area is 188 Å². The molecule has 1 atom stereocenters. The molecule has 7 nitrogen and oxygen atoms in total. The van der Waals surface area contributed by atoms with Crippen LogP contribution < -0.4 is 4.74 Å². The number of H-pyrrole nitrogens is 1. The van der Waals surface area contributed by atoms with Gasteiger partial charge in [-0.1, -0.05) is 18.2 Å². The molecule has 2 aromatic heterocycles. The minimum atomic E-state index is -0.768. The molecule has 6 rings (SSSR count). The predicted octanol–water partition coefficient (Wildman–Crippen LogP) is 4.32. The number of aromatic amines is 1. The smallest absolute Gasteiger partial charge is 0.296 e. The molecule has 2 aliphatic heterocycles. The van der Waals surface area contributed by atoms with E-state index < -0.39 is 17.7 Å². The third-order valence-electron chi connectivity index (χ3n) is 6.32. The highest BCUT2D eigenvalue weighted by atomic mass is 16.5. The second-order valence-electron chi connectivity index (χ2n) is 8.22. The molecule has 4 aromatic rings. The molecular formula is C26H20N2O5. The molecule has 164 valence electrons. The van der Waals surface area contributed by atoms with Crippen LogP contribution in [0.25, 0.3) is 16.7 Å². The van der Waals surface area contributed by atoms with E-state index in [1.807, 2.05) is 30.3 Å². The maximum absolute atomic E-state index is 13.3. The van der Waals surface area contributed by atoms with Crippen molar-refractivity contribution in [3.8, 4) is 5.75 Å². The number of aromatic nitrogens is 1. The molecular weight excluding hydrogens is 420 g/mol. The molecule has 0 saturated carbocycles. The number of carbonyl (C=O) groups excluding carboxylic acids is 2. The van der Waals surface area contributed by atoms with Crippen LogP contribution in [0.15, 0.2) is 77.0 Å². The normalized spacial score (nSPS) is 19.3. The Morgan fingerprint density at radius 3 is 2.85 bits per heavy atom. The van der Waals surface area contributed by atoms with Crippen LogP contribution >= 0.6 is 0 Å². The van der Waals surface area contributed by atoms with Gasteiger partial charge in [-0.2, -0.15) is 0 Å². The maximum atomic E-state index is 13.3. The Hall–Kier alpha value is -4.26. The van der Waals surface area contributed by atoms with Gasteiger partial charge in [-0.05, 0) is 42.0 Å². The van der Waals surface area contributed by atoms with Gasteiger partial charge in [0.2, 0.25) is 0 Å². The number of benzene rings is 2. The summed E-state index contributed by atoms with van der Waals surface area (Å²) in [5, 5.41) is 12.2. The lowest BCUT2D eigenvalue weighted by molar-refractivity contribution is -0.140. The first-order valence-corrected chi connectivity index (χ1v) is 10.7. The van der Waals surface area contributed by atoms with Gasteiger partial charge in [0.15, 0.2) is 0 Å². The van der Waals surface area contributed by atoms with E-state index in [9.17, 15) is 14.7 Å². The lowest BCUT2D eigenvalue weighted by Gasteiger charge is -2.24. The summed E-state index contributed by atoms with van der Waals surface area (Å²) in [6, 6.07) is 15.7. The van der Waals surface area contributed by atoms with Crippen LogP contribution in [0.1, 0.15) is 28.5 Å². The number of hydrogen-bond acceptors (Lipinski definition) is 5. The van der Waals surface area contributed by atoms with Gasteiger partial charge >= 0.3 is 0 Å². The second-order valence-corrected chi connectivity index (χ2v) is 8.22. The summed E-state index contributed by atoms with van der Waals surface area (Å²) in [5.41, 5.74) is 3.14. The lowest BCUT2D eigenvalue weighted by Crippen LogP contribution is -2.29. The molecule has 4 heterocycles. The summed E-state index contributed by atoms with van der Waals surface area (Å²) in [7, 11) is 0. The van der Waals surface area contributed by atoms with Gasteiger partial charge in [0.25, 0.3) is 11.7 Å². The molecule has 1 unspecified atom stereocenters. The number of para-hydroxylation sites is 1. The van der Waals surface area contributed by atoms with E-state index in [2.05, 4.69) is 4.98 Å². The van der Waals surface area contributed by atoms with Crippen LogP contribution in [0, 0.1) is 0 Å². The molecule has 0 spiro atoms. The zero-order valence-electron chi connectivity index (χ0n) is 17.6. The standard InChI is InChI=1S/C26H20N2O5/c29-24(16-7-8-21-15(12-16)9-11-33-21)22-23(19-13-27-20-6-2-1-5-18(19)20)28(26(31)25(22)30)14-17-4-3-10-32-17/h1-8,10,12-13,23,27,29H,9,11,14H2/b24-22+. The third-order valence-corrected chi connectivity index (χ3v) is 6.32. The number of nitrogens with zero attached hydrogens (tertiary/aromatic N) is 1. The van der Waals surface area contributed by atoms with Crippen LogP contribution in [0.4, 0.5) is 0 Å². The van der Waals surface area contributed by atoms with Crippen LogP contribution in [0.2, 0.25) is 0 Å². The molecule has 1 amide bonds. The van der Waals surface area contributed by atoms with E-state index >= 15 is 0 Å². The first-order chi connectivity index (χ1) is 16.1. The molecule has 0 radical (unpaired) electrons. The number of ether oxygens (including phenoxy) is 1. The van der Waals surface area contributed by atoms with Crippen molar-refractivity contribution in [2.45, 2.75) is 19.0 Å². The summed E-state index contributed by atoms with van der Waals surface area (Å²) in [6.07, 6.45) is 4.05. The van der Waals surface area contributed by atoms with Gasteiger partial charge in [0.05, 0.1) is 31.0 Å². The van der Waals surface area contributed by atoms with Crippen molar-refractivity contribution in [3.05, 3.63) is 95.1 Å². The maximum Gasteiger partial charge on any atom is 0.296 e. The number of aliphatic hydroxyl groups is 1. The Bertz CT molecular complexity index is 1430. The number of hydrogen-bond donors (Lipinski definition) is 2. The molecule has 2 aromatic carbocycles. The van der Waals surface area contributed by atoms with Crippen molar-refractivity contribution < 1.29 is 23.8 Å². The largest absolute Gasteiger partial charge is 0.507 e. The van der Waals surface area contributed by atoms with E-state index in [1.54, 1.807) is 30.5 Å². The van der Waals surface area contributed by atoms with Crippen molar-refractivity contribution in [3.63, 3.8) is 0 Å². The molecule has 2 N–H and O–H groups in total. The molecule has 2 aliphatic rings. The first kappa shape index (κ1) is 19.4. The Morgan fingerprint density at radius 1 is 1.12 bits per heavy atom. The Balaban J connectivity index is 1.54. The van der Waals surface area contributed by atoms with Crippen LogP contribution in [0.3, 0.4) is 0 Å². The molecule has 33 heavy (non-hydrogen) atoms.